The van der Waals surface area contributed by atoms with E-state index in [2.05, 4.69) is 5.32 Å². The molecule has 1 fully saturated rings. The molecule has 0 saturated carbocycles. The molecular formula is C17H25N3O4. The second-order valence-electron chi connectivity index (χ2n) is 5.83. The van der Waals surface area contributed by atoms with Crippen molar-refractivity contribution in [2.75, 3.05) is 44.4 Å². The van der Waals surface area contributed by atoms with Gasteiger partial charge in [0.1, 0.15) is 5.75 Å². The van der Waals surface area contributed by atoms with Gasteiger partial charge >= 0.3 is 5.97 Å². The van der Waals surface area contributed by atoms with Crippen LogP contribution in [0, 0.1) is 5.92 Å². The molecule has 0 aliphatic carbocycles. The van der Waals surface area contributed by atoms with Gasteiger partial charge in [-0.3, -0.25) is 14.5 Å². The summed E-state index contributed by atoms with van der Waals surface area (Å²) in [5.74, 6) is 0.0533. The van der Waals surface area contributed by atoms with Crippen LogP contribution < -0.4 is 15.8 Å². The molecule has 3 N–H and O–H groups in total. The number of nitrogens with two attached hydrogens (primary N) is 1. The number of hydrogen-bond acceptors (Lipinski definition) is 6. The molecule has 1 saturated heterocycles. The largest absolute Gasteiger partial charge is 0.495 e. The summed E-state index contributed by atoms with van der Waals surface area (Å²) in [7, 11) is 1.54. The molecule has 7 nitrogen and oxygen atoms in total. The Kier molecular flexibility index (Phi) is 6.43. The minimum atomic E-state index is -0.180. The summed E-state index contributed by atoms with van der Waals surface area (Å²) >= 11 is 0. The highest BCUT2D eigenvalue weighted by Crippen LogP contribution is 2.26. The van der Waals surface area contributed by atoms with E-state index >= 15 is 0 Å². The van der Waals surface area contributed by atoms with Crippen LogP contribution in [0.3, 0.4) is 0 Å². The highest BCUT2D eigenvalue weighted by molar-refractivity contribution is 5.94. The minimum absolute atomic E-state index is 0.159. The second-order valence-corrected chi connectivity index (χ2v) is 5.83. The number of piperidine rings is 1. The van der Waals surface area contributed by atoms with E-state index < -0.39 is 0 Å². The van der Waals surface area contributed by atoms with Crippen molar-refractivity contribution >= 4 is 23.3 Å². The molecule has 1 aromatic rings. The first-order valence-corrected chi connectivity index (χ1v) is 8.15. The minimum Gasteiger partial charge on any atom is -0.495 e. The third-order valence-corrected chi connectivity index (χ3v) is 3.99. The number of carbonyl (C=O) groups excluding carboxylic acids is 2. The SMILES string of the molecule is CCOC(=O)C1CCCN(CC(=O)Nc2cc(N)ccc2OC)C1. The molecule has 0 aromatic heterocycles. The van der Waals surface area contributed by atoms with Gasteiger partial charge in [0, 0.05) is 12.2 Å². The van der Waals surface area contributed by atoms with Crippen LogP contribution in [0.1, 0.15) is 19.8 Å². The second kappa shape index (κ2) is 8.54. The number of nitrogen functional groups attached to an aromatic ring is 1. The molecule has 1 heterocycles. The van der Waals surface area contributed by atoms with E-state index in [1.807, 2.05) is 4.90 Å². The quantitative estimate of drug-likeness (QED) is 0.604. The summed E-state index contributed by atoms with van der Waals surface area (Å²) in [5, 5.41) is 2.82. The van der Waals surface area contributed by atoms with Gasteiger partial charge in [0.05, 0.1) is 31.9 Å². The van der Waals surface area contributed by atoms with E-state index in [0.29, 0.717) is 30.3 Å². The number of amides is 1. The summed E-state index contributed by atoms with van der Waals surface area (Å²) in [5.41, 5.74) is 6.84. The Bertz CT molecular complexity index is 591. The maximum absolute atomic E-state index is 12.3. The number of rotatable bonds is 6. The first-order valence-electron chi connectivity index (χ1n) is 8.15. The number of hydrogen-bond donors (Lipinski definition) is 2. The standard InChI is InChI=1S/C17H25N3O4/c1-3-24-17(22)12-5-4-8-20(10-12)11-16(21)19-14-9-13(18)6-7-15(14)23-2/h6-7,9,12H,3-5,8,10-11,18H2,1-2H3,(H,19,21). The van der Waals surface area contributed by atoms with E-state index in [4.69, 9.17) is 15.2 Å². The fraction of sp³-hybridized carbons (Fsp3) is 0.529. The molecule has 1 amide bonds. The number of carbonyl (C=O) groups is 2. The Morgan fingerprint density at radius 2 is 2.21 bits per heavy atom. The van der Waals surface area contributed by atoms with Crippen LogP contribution >= 0.6 is 0 Å². The topological polar surface area (TPSA) is 93.9 Å². The molecule has 1 aliphatic heterocycles. The van der Waals surface area contributed by atoms with Crippen molar-refractivity contribution in [2.45, 2.75) is 19.8 Å². The molecule has 1 atom stereocenters. The number of methoxy groups -OCH3 is 1. The van der Waals surface area contributed by atoms with Gasteiger partial charge in [-0.25, -0.2) is 0 Å². The third-order valence-electron chi connectivity index (χ3n) is 3.99. The van der Waals surface area contributed by atoms with Crippen LogP contribution in [-0.4, -0.2) is 50.1 Å². The smallest absolute Gasteiger partial charge is 0.310 e. The number of nitrogens with one attached hydrogen (secondary N) is 1. The van der Waals surface area contributed by atoms with E-state index in [1.54, 1.807) is 25.1 Å². The number of anilines is 2. The van der Waals surface area contributed by atoms with Crippen molar-refractivity contribution in [1.29, 1.82) is 0 Å². The summed E-state index contributed by atoms with van der Waals surface area (Å²) in [6.07, 6.45) is 1.68. The first kappa shape index (κ1) is 18.1. The van der Waals surface area contributed by atoms with Crippen LogP contribution in [0.5, 0.6) is 5.75 Å². The van der Waals surface area contributed by atoms with Gasteiger partial charge in [-0.05, 0) is 44.5 Å². The first-order chi connectivity index (χ1) is 11.5. The Labute approximate surface area is 142 Å². The zero-order valence-corrected chi connectivity index (χ0v) is 14.2. The fourth-order valence-corrected chi connectivity index (χ4v) is 2.87. The Morgan fingerprint density at radius 1 is 1.42 bits per heavy atom. The summed E-state index contributed by atoms with van der Waals surface area (Å²) in [6, 6.07) is 5.08. The summed E-state index contributed by atoms with van der Waals surface area (Å²) in [4.78, 5) is 26.1. The third kappa shape index (κ3) is 4.86. The van der Waals surface area contributed by atoms with Crippen molar-refractivity contribution in [2.24, 2.45) is 5.92 Å². The molecule has 0 bridgehead atoms. The van der Waals surface area contributed by atoms with Gasteiger partial charge in [0.15, 0.2) is 0 Å². The fourth-order valence-electron chi connectivity index (χ4n) is 2.87. The van der Waals surface area contributed by atoms with E-state index in [1.165, 1.54) is 7.11 Å². The molecule has 2 rings (SSSR count). The predicted octanol–water partition coefficient (Wildman–Crippen LogP) is 1.49. The predicted molar refractivity (Wildman–Crippen MR) is 91.8 cm³/mol. The normalized spacial score (nSPS) is 18.0. The highest BCUT2D eigenvalue weighted by atomic mass is 16.5. The lowest BCUT2D eigenvalue weighted by molar-refractivity contribution is -0.150. The van der Waals surface area contributed by atoms with Crippen molar-refractivity contribution in [3.8, 4) is 5.75 Å². The molecule has 7 heteroatoms. The number of esters is 1. The van der Waals surface area contributed by atoms with Gasteiger partial charge in [-0.15, -0.1) is 0 Å². The lowest BCUT2D eigenvalue weighted by Gasteiger charge is -2.30. The highest BCUT2D eigenvalue weighted by Gasteiger charge is 2.27. The van der Waals surface area contributed by atoms with Gasteiger partial charge in [-0.2, -0.15) is 0 Å². The van der Waals surface area contributed by atoms with Crippen LogP contribution in [-0.2, 0) is 14.3 Å². The van der Waals surface area contributed by atoms with Gasteiger partial charge < -0.3 is 20.5 Å². The average molecular weight is 335 g/mol. The molecule has 1 aliphatic rings. The van der Waals surface area contributed by atoms with Gasteiger partial charge in [0.25, 0.3) is 0 Å². The van der Waals surface area contributed by atoms with Crippen molar-refractivity contribution in [3.05, 3.63) is 18.2 Å². The molecule has 1 unspecified atom stereocenters. The molecular weight excluding hydrogens is 310 g/mol. The number of benzene rings is 1. The van der Waals surface area contributed by atoms with Gasteiger partial charge in [-0.1, -0.05) is 0 Å². The number of likely N-dealkylation sites (tertiary alicyclic amines) is 1. The number of nitrogens with zero attached hydrogens (tertiary/aromatic N) is 1. The monoisotopic (exact) mass is 335 g/mol. The molecule has 132 valence electrons. The van der Waals surface area contributed by atoms with E-state index in [-0.39, 0.29) is 24.3 Å². The average Bonchev–Trinajstić information content (AvgIpc) is 2.55. The summed E-state index contributed by atoms with van der Waals surface area (Å²) < 4.78 is 10.3. The van der Waals surface area contributed by atoms with Crippen LogP contribution in [0.2, 0.25) is 0 Å². The zero-order chi connectivity index (χ0) is 17.5. The van der Waals surface area contributed by atoms with Crippen LogP contribution in [0.4, 0.5) is 11.4 Å². The van der Waals surface area contributed by atoms with Crippen LogP contribution in [0.25, 0.3) is 0 Å². The van der Waals surface area contributed by atoms with Crippen molar-refractivity contribution in [1.82, 2.24) is 4.90 Å². The maximum atomic E-state index is 12.3. The maximum Gasteiger partial charge on any atom is 0.310 e. The molecule has 24 heavy (non-hydrogen) atoms. The molecule has 0 radical (unpaired) electrons. The lowest BCUT2D eigenvalue weighted by atomic mass is 9.98. The van der Waals surface area contributed by atoms with E-state index in [9.17, 15) is 9.59 Å². The van der Waals surface area contributed by atoms with Crippen LogP contribution in [0.15, 0.2) is 18.2 Å². The number of ether oxygens (including phenoxy) is 2. The summed E-state index contributed by atoms with van der Waals surface area (Å²) in [6.45, 7) is 3.72. The molecule has 1 aromatic carbocycles. The van der Waals surface area contributed by atoms with E-state index in [0.717, 1.165) is 19.4 Å². The van der Waals surface area contributed by atoms with Crippen molar-refractivity contribution < 1.29 is 19.1 Å². The zero-order valence-electron chi connectivity index (χ0n) is 14.2. The molecule has 0 spiro atoms. The Hall–Kier alpha value is -2.28. The Balaban J connectivity index is 1.92. The van der Waals surface area contributed by atoms with Crippen molar-refractivity contribution in [3.63, 3.8) is 0 Å². The van der Waals surface area contributed by atoms with Gasteiger partial charge in [0.2, 0.25) is 5.91 Å². The lowest BCUT2D eigenvalue weighted by Crippen LogP contribution is -2.43. The Morgan fingerprint density at radius 3 is 2.92 bits per heavy atom.